The van der Waals surface area contributed by atoms with Crippen molar-refractivity contribution in [3.05, 3.63) is 29.8 Å². The molecule has 1 atom stereocenters. The first-order valence-corrected chi connectivity index (χ1v) is 7.72. The van der Waals surface area contributed by atoms with E-state index in [0.717, 1.165) is 6.42 Å². The number of carbonyl (C=O) groups excluding carboxylic acids is 2. The number of amides is 2. The lowest BCUT2D eigenvalue weighted by Crippen LogP contribution is -2.42. The van der Waals surface area contributed by atoms with Gasteiger partial charge in [0.1, 0.15) is 5.75 Å². The van der Waals surface area contributed by atoms with E-state index in [9.17, 15) is 9.59 Å². The summed E-state index contributed by atoms with van der Waals surface area (Å²) in [5.41, 5.74) is 0.494. The quantitative estimate of drug-likeness (QED) is 0.845. The Kier molecular flexibility index (Phi) is 5.58. The Morgan fingerprint density at radius 2 is 1.91 bits per heavy atom. The van der Waals surface area contributed by atoms with Crippen LogP contribution >= 0.6 is 0 Å². The van der Waals surface area contributed by atoms with Gasteiger partial charge >= 0.3 is 0 Å². The first-order valence-electron chi connectivity index (χ1n) is 7.72. The number of carbonyl (C=O) groups is 2. The van der Waals surface area contributed by atoms with E-state index >= 15 is 0 Å². The highest BCUT2D eigenvalue weighted by Crippen LogP contribution is 2.16. The molecule has 1 aromatic rings. The van der Waals surface area contributed by atoms with Crippen molar-refractivity contribution < 1.29 is 14.3 Å². The van der Waals surface area contributed by atoms with E-state index in [1.165, 1.54) is 0 Å². The minimum atomic E-state index is -0.632. The number of nitrogens with zero attached hydrogens (tertiary/aromatic N) is 3. The summed E-state index contributed by atoms with van der Waals surface area (Å²) in [4.78, 5) is 27.5. The molecule has 0 aliphatic carbocycles. The Morgan fingerprint density at radius 3 is 2.61 bits per heavy atom. The summed E-state index contributed by atoms with van der Waals surface area (Å²) in [5, 5.41) is 8.90. The Hall–Kier alpha value is -2.55. The zero-order valence-electron chi connectivity index (χ0n) is 13.5. The van der Waals surface area contributed by atoms with Crippen molar-refractivity contribution in [1.29, 1.82) is 5.26 Å². The lowest BCUT2D eigenvalue weighted by atomic mass is 10.2. The number of hydrogen-bond donors (Lipinski definition) is 0. The molecule has 0 saturated carbocycles. The van der Waals surface area contributed by atoms with Crippen LogP contribution in [0.2, 0.25) is 0 Å². The van der Waals surface area contributed by atoms with Gasteiger partial charge < -0.3 is 14.5 Å². The van der Waals surface area contributed by atoms with Gasteiger partial charge in [-0.25, -0.2) is 0 Å². The average molecular weight is 315 g/mol. The molecule has 6 nitrogen and oxygen atoms in total. The Bertz CT molecular complexity index is 624. The van der Waals surface area contributed by atoms with E-state index in [-0.39, 0.29) is 11.8 Å². The third-order valence-corrected chi connectivity index (χ3v) is 3.88. The van der Waals surface area contributed by atoms with Crippen molar-refractivity contribution in [1.82, 2.24) is 9.80 Å². The van der Waals surface area contributed by atoms with Crippen LogP contribution in [0, 0.1) is 11.3 Å². The summed E-state index contributed by atoms with van der Waals surface area (Å²) < 4.78 is 5.66. The minimum Gasteiger partial charge on any atom is -0.481 e. The largest absolute Gasteiger partial charge is 0.481 e. The number of benzene rings is 1. The second-order valence-corrected chi connectivity index (χ2v) is 5.58. The molecule has 0 spiro atoms. The summed E-state index contributed by atoms with van der Waals surface area (Å²) in [6.07, 6.45) is 0.134. The molecule has 0 radical (unpaired) electrons. The van der Waals surface area contributed by atoms with Crippen LogP contribution in [0.25, 0.3) is 0 Å². The van der Waals surface area contributed by atoms with Crippen molar-refractivity contribution in [2.75, 3.05) is 26.2 Å². The minimum absolute atomic E-state index is 0.0388. The third-order valence-electron chi connectivity index (χ3n) is 3.88. The molecule has 1 saturated heterocycles. The maximum atomic E-state index is 12.5. The van der Waals surface area contributed by atoms with Crippen LogP contribution in [0.1, 0.15) is 25.8 Å². The Balaban J connectivity index is 1.96. The van der Waals surface area contributed by atoms with Gasteiger partial charge in [0.05, 0.1) is 11.6 Å². The topological polar surface area (TPSA) is 73.6 Å². The molecule has 0 unspecified atom stereocenters. The molecular formula is C17H21N3O3. The summed E-state index contributed by atoms with van der Waals surface area (Å²) in [5.74, 6) is 0.444. The van der Waals surface area contributed by atoms with Gasteiger partial charge in [0.2, 0.25) is 5.91 Å². The third kappa shape index (κ3) is 4.46. The van der Waals surface area contributed by atoms with Crippen molar-refractivity contribution >= 4 is 11.8 Å². The van der Waals surface area contributed by atoms with E-state index < -0.39 is 6.10 Å². The molecule has 0 aromatic heterocycles. The summed E-state index contributed by atoms with van der Waals surface area (Å²) in [6.45, 7) is 5.62. The van der Waals surface area contributed by atoms with E-state index in [1.54, 1.807) is 47.9 Å². The predicted octanol–water partition coefficient (Wildman–Crippen LogP) is 1.41. The highest BCUT2D eigenvalue weighted by atomic mass is 16.5. The second kappa shape index (κ2) is 7.63. The normalized spacial score (nSPS) is 16.2. The molecule has 23 heavy (non-hydrogen) atoms. The lowest BCUT2D eigenvalue weighted by Gasteiger charge is -2.25. The Morgan fingerprint density at radius 1 is 1.22 bits per heavy atom. The van der Waals surface area contributed by atoms with Crippen molar-refractivity contribution in [2.24, 2.45) is 0 Å². The molecule has 1 fully saturated rings. The van der Waals surface area contributed by atoms with Crippen LogP contribution in [-0.4, -0.2) is 53.9 Å². The van der Waals surface area contributed by atoms with Crippen molar-refractivity contribution in [2.45, 2.75) is 26.4 Å². The SMILES string of the molecule is CC(=O)N1CCCN(C(=O)[C@@H](C)Oc2cccc(C#N)c2)CC1. The summed E-state index contributed by atoms with van der Waals surface area (Å²) in [6, 6.07) is 8.79. The van der Waals surface area contributed by atoms with E-state index in [4.69, 9.17) is 10.00 Å². The lowest BCUT2D eigenvalue weighted by molar-refractivity contribution is -0.138. The van der Waals surface area contributed by atoms with Crippen LogP contribution in [-0.2, 0) is 9.59 Å². The zero-order valence-corrected chi connectivity index (χ0v) is 13.5. The molecule has 2 amide bonds. The molecule has 1 aromatic carbocycles. The molecule has 1 aliphatic heterocycles. The fourth-order valence-corrected chi connectivity index (χ4v) is 2.60. The molecule has 6 heteroatoms. The highest BCUT2D eigenvalue weighted by Gasteiger charge is 2.25. The van der Waals surface area contributed by atoms with Gasteiger partial charge in [-0.2, -0.15) is 5.26 Å². The monoisotopic (exact) mass is 315 g/mol. The maximum Gasteiger partial charge on any atom is 0.263 e. The van der Waals surface area contributed by atoms with Gasteiger partial charge in [-0.05, 0) is 31.5 Å². The standard InChI is InChI=1S/C17H21N3O3/c1-13(23-16-6-3-5-15(11-16)12-18)17(22)20-8-4-7-19(9-10-20)14(2)21/h3,5-6,11,13H,4,7-10H2,1-2H3/t13-/m1/s1. The van der Waals surface area contributed by atoms with Gasteiger partial charge in [0, 0.05) is 33.1 Å². The zero-order chi connectivity index (χ0) is 16.8. The molecule has 1 aliphatic rings. The Labute approximate surface area is 136 Å². The molecule has 1 heterocycles. The smallest absolute Gasteiger partial charge is 0.263 e. The van der Waals surface area contributed by atoms with Gasteiger partial charge in [-0.15, -0.1) is 0 Å². The van der Waals surface area contributed by atoms with Gasteiger partial charge in [-0.3, -0.25) is 9.59 Å². The first-order chi connectivity index (χ1) is 11.0. The number of rotatable bonds is 3. The number of nitriles is 1. The maximum absolute atomic E-state index is 12.5. The average Bonchev–Trinajstić information content (AvgIpc) is 2.80. The van der Waals surface area contributed by atoms with Gasteiger partial charge in [-0.1, -0.05) is 6.07 Å². The molecule has 0 N–H and O–H groups in total. The fraction of sp³-hybridized carbons (Fsp3) is 0.471. The van der Waals surface area contributed by atoms with Crippen LogP contribution in [0.4, 0.5) is 0 Å². The molecular weight excluding hydrogens is 294 g/mol. The summed E-state index contributed by atoms with van der Waals surface area (Å²) >= 11 is 0. The highest BCUT2D eigenvalue weighted by molar-refractivity contribution is 5.81. The molecule has 2 rings (SSSR count). The summed E-state index contributed by atoms with van der Waals surface area (Å²) in [7, 11) is 0. The van der Waals surface area contributed by atoms with Crippen molar-refractivity contribution in [3.8, 4) is 11.8 Å². The fourth-order valence-electron chi connectivity index (χ4n) is 2.60. The van der Waals surface area contributed by atoms with E-state index in [2.05, 4.69) is 0 Å². The van der Waals surface area contributed by atoms with Gasteiger partial charge in [0.25, 0.3) is 5.91 Å². The van der Waals surface area contributed by atoms with Crippen LogP contribution < -0.4 is 4.74 Å². The van der Waals surface area contributed by atoms with Crippen LogP contribution in [0.15, 0.2) is 24.3 Å². The van der Waals surface area contributed by atoms with Crippen LogP contribution in [0.3, 0.4) is 0 Å². The molecule has 0 bridgehead atoms. The number of hydrogen-bond acceptors (Lipinski definition) is 4. The van der Waals surface area contributed by atoms with Crippen molar-refractivity contribution in [3.63, 3.8) is 0 Å². The first kappa shape index (κ1) is 16.8. The van der Waals surface area contributed by atoms with Gasteiger partial charge in [0.15, 0.2) is 6.10 Å². The second-order valence-electron chi connectivity index (χ2n) is 5.58. The molecule has 122 valence electrons. The predicted molar refractivity (Wildman–Crippen MR) is 84.7 cm³/mol. The number of ether oxygens (including phenoxy) is 1. The van der Waals surface area contributed by atoms with E-state index in [0.29, 0.717) is 37.5 Å². The van der Waals surface area contributed by atoms with E-state index in [1.807, 2.05) is 6.07 Å². The van der Waals surface area contributed by atoms with Crippen LogP contribution in [0.5, 0.6) is 5.75 Å².